The maximum atomic E-state index is 12.6. The number of hydrogen-bond donors (Lipinski definition) is 0. The van der Waals surface area contributed by atoms with Crippen LogP contribution in [-0.2, 0) is 4.79 Å². The lowest BCUT2D eigenvalue weighted by atomic mass is 10.1. The molecule has 0 N–H and O–H groups in total. The van der Waals surface area contributed by atoms with E-state index in [1.807, 2.05) is 0 Å². The first-order chi connectivity index (χ1) is 5.72. The van der Waals surface area contributed by atoms with Crippen LogP contribution in [0.3, 0.4) is 0 Å². The zero-order valence-electron chi connectivity index (χ0n) is 6.75. The average molecular weight is 164 g/mol. The molecule has 0 radical (unpaired) electrons. The monoisotopic (exact) mass is 164 g/mol. The zero-order chi connectivity index (χ0) is 8.97. The number of aldehydes is 1. The number of hydrogen-bond acceptors (Lipinski definition) is 1. The number of halogens is 1. The van der Waals surface area contributed by atoms with Gasteiger partial charge in [0.2, 0.25) is 0 Å². The van der Waals surface area contributed by atoms with Crippen molar-refractivity contribution >= 4 is 12.4 Å². The summed E-state index contributed by atoms with van der Waals surface area (Å²) >= 11 is 0. The second-order valence-electron chi connectivity index (χ2n) is 2.56. The predicted molar refractivity (Wildman–Crippen MR) is 46.1 cm³/mol. The summed E-state index contributed by atoms with van der Waals surface area (Å²) in [5.74, 6) is -0.289. The number of benzene rings is 1. The van der Waals surface area contributed by atoms with E-state index >= 15 is 0 Å². The molecule has 0 unspecified atom stereocenters. The van der Waals surface area contributed by atoms with E-state index in [1.54, 1.807) is 25.1 Å². The topological polar surface area (TPSA) is 17.1 Å². The molecule has 0 heterocycles. The van der Waals surface area contributed by atoms with E-state index in [2.05, 4.69) is 0 Å². The normalized spacial score (nSPS) is 11.3. The Morgan fingerprint density at radius 2 is 2.25 bits per heavy atom. The summed E-state index contributed by atoms with van der Waals surface area (Å²) in [5.41, 5.74) is 1.29. The molecule has 0 aliphatic heterocycles. The fourth-order valence-corrected chi connectivity index (χ4v) is 0.893. The summed E-state index contributed by atoms with van der Waals surface area (Å²) in [6.45, 7) is 1.68. The van der Waals surface area contributed by atoms with Crippen LogP contribution in [-0.4, -0.2) is 6.29 Å². The van der Waals surface area contributed by atoms with Gasteiger partial charge in [0.25, 0.3) is 0 Å². The van der Waals surface area contributed by atoms with Crippen molar-refractivity contribution in [3.05, 3.63) is 41.2 Å². The smallest absolute Gasteiger partial charge is 0.145 e. The van der Waals surface area contributed by atoms with Gasteiger partial charge in [-0.05, 0) is 36.3 Å². The van der Waals surface area contributed by atoms with Gasteiger partial charge in [-0.25, -0.2) is 4.39 Å². The fourth-order valence-electron chi connectivity index (χ4n) is 0.893. The third-order valence-electron chi connectivity index (χ3n) is 1.43. The molecule has 0 aliphatic carbocycles. The first-order valence-corrected chi connectivity index (χ1v) is 3.61. The van der Waals surface area contributed by atoms with Gasteiger partial charge < -0.3 is 0 Å². The van der Waals surface area contributed by atoms with Crippen molar-refractivity contribution < 1.29 is 9.18 Å². The van der Waals surface area contributed by atoms with Crippen molar-refractivity contribution in [1.29, 1.82) is 0 Å². The maximum Gasteiger partial charge on any atom is 0.145 e. The first-order valence-electron chi connectivity index (χ1n) is 3.61. The number of rotatable bonds is 2. The van der Waals surface area contributed by atoms with Gasteiger partial charge in [-0.2, -0.15) is 0 Å². The quantitative estimate of drug-likeness (QED) is 0.484. The van der Waals surface area contributed by atoms with Crippen LogP contribution in [0.4, 0.5) is 4.39 Å². The van der Waals surface area contributed by atoms with Crippen LogP contribution < -0.4 is 0 Å². The molecule has 0 aliphatic rings. The van der Waals surface area contributed by atoms with E-state index < -0.39 is 0 Å². The van der Waals surface area contributed by atoms with E-state index in [1.165, 1.54) is 12.1 Å². The van der Waals surface area contributed by atoms with Crippen LogP contribution >= 0.6 is 0 Å². The van der Waals surface area contributed by atoms with E-state index in [4.69, 9.17) is 0 Å². The Labute approximate surface area is 70.5 Å². The third kappa shape index (κ3) is 2.31. The Morgan fingerprint density at radius 1 is 1.50 bits per heavy atom. The van der Waals surface area contributed by atoms with Gasteiger partial charge in [0.1, 0.15) is 12.1 Å². The number of carbonyl (C=O) groups is 1. The average Bonchev–Trinajstić information content (AvgIpc) is 2.04. The van der Waals surface area contributed by atoms with Crippen LogP contribution in [0.15, 0.2) is 29.8 Å². The third-order valence-corrected chi connectivity index (χ3v) is 1.43. The highest BCUT2D eigenvalue weighted by molar-refractivity contribution is 5.80. The lowest BCUT2D eigenvalue weighted by Gasteiger charge is -1.93. The molecule has 0 saturated carbocycles. The zero-order valence-corrected chi connectivity index (χ0v) is 6.75. The van der Waals surface area contributed by atoms with E-state index in [9.17, 15) is 9.18 Å². The molecule has 0 fully saturated rings. The van der Waals surface area contributed by atoms with Crippen LogP contribution in [0.2, 0.25) is 0 Å². The van der Waals surface area contributed by atoms with Crippen LogP contribution in [0, 0.1) is 5.82 Å². The molecule has 1 aromatic carbocycles. The van der Waals surface area contributed by atoms with Crippen molar-refractivity contribution in [2.24, 2.45) is 0 Å². The van der Waals surface area contributed by atoms with Crippen molar-refractivity contribution in [2.75, 3.05) is 0 Å². The van der Waals surface area contributed by atoms with Gasteiger partial charge in [0, 0.05) is 0 Å². The molecule has 1 nitrogen and oxygen atoms in total. The Balaban J connectivity index is 2.97. The summed E-state index contributed by atoms with van der Waals surface area (Å²) in [7, 11) is 0. The molecular weight excluding hydrogens is 155 g/mol. The largest absolute Gasteiger partial charge is 0.298 e. The summed E-state index contributed by atoms with van der Waals surface area (Å²) in [6.07, 6.45) is 2.38. The molecule has 0 spiro atoms. The summed E-state index contributed by atoms with van der Waals surface area (Å²) in [5, 5.41) is 0. The lowest BCUT2D eigenvalue weighted by Crippen LogP contribution is -1.79. The minimum absolute atomic E-state index is 0.289. The Bertz CT molecular complexity index is 315. The fraction of sp³-hybridized carbons (Fsp3) is 0.100. The number of carbonyl (C=O) groups excluding carboxylic acids is 1. The molecule has 2 heteroatoms. The van der Waals surface area contributed by atoms with Crippen molar-refractivity contribution in [2.45, 2.75) is 6.92 Å². The molecule has 1 rings (SSSR count). The molecule has 1 aromatic rings. The maximum absolute atomic E-state index is 12.6. The van der Waals surface area contributed by atoms with Crippen molar-refractivity contribution in [3.8, 4) is 0 Å². The summed E-state index contributed by atoms with van der Waals surface area (Å²) in [4.78, 5) is 10.2. The Morgan fingerprint density at radius 3 is 2.83 bits per heavy atom. The van der Waals surface area contributed by atoms with E-state index in [0.717, 1.165) is 6.29 Å². The molecular formula is C10H9FO. The molecule has 12 heavy (non-hydrogen) atoms. The van der Waals surface area contributed by atoms with Gasteiger partial charge >= 0.3 is 0 Å². The van der Waals surface area contributed by atoms with Gasteiger partial charge in [-0.1, -0.05) is 12.1 Å². The first kappa shape index (κ1) is 8.65. The second-order valence-corrected chi connectivity index (χ2v) is 2.56. The molecule has 0 bridgehead atoms. The van der Waals surface area contributed by atoms with Gasteiger partial charge in [-0.15, -0.1) is 0 Å². The van der Waals surface area contributed by atoms with Gasteiger partial charge in [-0.3, -0.25) is 4.79 Å². The van der Waals surface area contributed by atoms with Crippen LogP contribution in [0.25, 0.3) is 6.08 Å². The SMILES string of the molecule is C/C(C=O)=C\c1cccc(F)c1. The van der Waals surface area contributed by atoms with Crippen molar-refractivity contribution in [1.82, 2.24) is 0 Å². The highest BCUT2D eigenvalue weighted by Crippen LogP contribution is 2.07. The molecule has 0 saturated heterocycles. The Kier molecular flexibility index (Phi) is 2.75. The Hall–Kier alpha value is -1.44. The second kappa shape index (κ2) is 3.81. The molecule has 0 amide bonds. The molecule has 0 aromatic heterocycles. The molecule has 0 atom stereocenters. The number of allylic oxidation sites excluding steroid dienone is 1. The van der Waals surface area contributed by atoms with E-state index in [0.29, 0.717) is 11.1 Å². The molecule has 62 valence electrons. The highest BCUT2D eigenvalue weighted by Gasteiger charge is 1.91. The van der Waals surface area contributed by atoms with Gasteiger partial charge in [0.15, 0.2) is 0 Å². The van der Waals surface area contributed by atoms with Crippen LogP contribution in [0.5, 0.6) is 0 Å². The van der Waals surface area contributed by atoms with E-state index in [-0.39, 0.29) is 5.82 Å². The lowest BCUT2D eigenvalue weighted by molar-refractivity contribution is -0.104. The minimum atomic E-state index is -0.289. The standard InChI is InChI=1S/C10H9FO/c1-8(7-12)5-9-3-2-4-10(11)6-9/h2-7H,1H3/b8-5+. The van der Waals surface area contributed by atoms with Gasteiger partial charge in [0.05, 0.1) is 0 Å². The summed E-state index contributed by atoms with van der Waals surface area (Å²) < 4.78 is 12.6. The van der Waals surface area contributed by atoms with Crippen LogP contribution in [0.1, 0.15) is 12.5 Å². The minimum Gasteiger partial charge on any atom is -0.298 e. The summed E-state index contributed by atoms with van der Waals surface area (Å²) in [6, 6.07) is 6.11. The highest BCUT2D eigenvalue weighted by atomic mass is 19.1. The van der Waals surface area contributed by atoms with Crippen molar-refractivity contribution in [3.63, 3.8) is 0 Å². The predicted octanol–water partition coefficient (Wildman–Crippen LogP) is 2.43.